The number of aryl methyl sites for hydroxylation is 2. The second-order valence-corrected chi connectivity index (χ2v) is 5.98. The number of amides is 3. The Balaban J connectivity index is 1.83. The van der Waals surface area contributed by atoms with Crippen LogP contribution >= 0.6 is 23.2 Å². The van der Waals surface area contributed by atoms with Gasteiger partial charge in [-0.25, -0.2) is 0 Å². The smallest absolute Gasteiger partial charge is 0.273 e. The van der Waals surface area contributed by atoms with Crippen molar-refractivity contribution in [3.63, 3.8) is 0 Å². The molecule has 0 fully saturated rings. The van der Waals surface area contributed by atoms with E-state index in [1.165, 1.54) is 18.2 Å². The number of hydrogen-bond donors (Lipinski definition) is 3. The second kappa shape index (κ2) is 8.04. The fraction of sp³-hybridized carbons (Fsp3) is 0.188. The predicted molar refractivity (Wildman–Crippen MR) is 92.6 cm³/mol. The molecule has 132 valence electrons. The standard InChI is InChI=1S/C16H15Cl2N3O4/c1-8-5-12(9(2)25-8)16(24)21-20-14(22)7-19-15(23)11-4-3-10(17)6-13(11)18/h3-6H,7H2,1-2H3,(H,19,23)(H,20,22)(H,21,24). The van der Waals surface area contributed by atoms with Crippen molar-refractivity contribution in [2.45, 2.75) is 13.8 Å². The summed E-state index contributed by atoms with van der Waals surface area (Å²) >= 11 is 11.7. The van der Waals surface area contributed by atoms with Crippen molar-refractivity contribution in [1.82, 2.24) is 16.2 Å². The first-order chi connectivity index (χ1) is 11.8. The number of rotatable bonds is 4. The number of halogens is 2. The summed E-state index contributed by atoms with van der Waals surface area (Å²) in [5.74, 6) is -0.639. The van der Waals surface area contributed by atoms with E-state index in [1.54, 1.807) is 19.9 Å². The van der Waals surface area contributed by atoms with E-state index >= 15 is 0 Å². The van der Waals surface area contributed by atoms with Crippen LogP contribution in [0.15, 0.2) is 28.7 Å². The Bertz CT molecular complexity index is 833. The molecule has 0 atom stereocenters. The molecule has 1 heterocycles. The van der Waals surface area contributed by atoms with Gasteiger partial charge >= 0.3 is 0 Å². The third-order valence-electron chi connectivity index (χ3n) is 3.19. The number of carbonyl (C=O) groups excluding carboxylic acids is 3. The largest absolute Gasteiger partial charge is 0.466 e. The Morgan fingerprint density at radius 1 is 1.00 bits per heavy atom. The van der Waals surface area contributed by atoms with Gasteiger partial charge < -0.3 is 9.73 Å². The number of hydrogen-bond acceptors (Lipinski definition) is 4. The first-order valence-electron chi connectivity index (χ1n) is 7.17. The molecule has 3 N–H and O–H groups in total. The molecular weight excluding hydrogens is 369 g/mol. The van der Waals surface area contributed by atoms with E-state index in [1.807, 2.05) is 0 Å². The maximum absolute atomic E-state index is 12.0. The molecule has 0 aliphatic heterocycles. The summed E-state index contributed by atoms with van der Waals surface area (Å²) in [4.78, 5) is 35.6. The van der Waals surface area contributed by atoms with Crippen LogP contribution in [0, 0.1) is 13.8 Å². The van der Waals surface area contributed by atoms with Crippen LogP contribution in [0.3, 0.4) is 0 Å². The van der Waals surface area contributed by atoms with Gasteiger partial charge in [-0.1, -0.05) is 23.2 Å². The maximum atomic E-state index is 12.0. The summed E-state index contributed by atoms with van der Waals surface area (Å²) in [6, 6.07) is 5.94. The number of hydrazine groups is 1. The minimum Gasteiger partial charge on any atom is -0.466 e. The Hall–Kier alpha value is -2.51. The Morgan fingerprint density at radius 2 is 1.72 bits per heavy atom. The van der Waals surface area contributed by atoms with Crippen LogP contribution in [-0.2, 0) is 4.79 Å². The molecule has 0 radical (unpaired) electrons. The van der Waals surface area contributed by atoms with Gasteiger partial charge in [-0.2, -0.15) is 0 Å². The summed E-state index contributed by atoms with van der Waals surface area (Å²) in [5, 5.41) is 2.96. The van der Waals surface area contributed by atoms with E-state index in [2.05, 4.69) is 16.2 Å². The van der Waals surface area contributed by atoms with Gasteiger partial charge in [-0.15, -0.1) is 0 Å². The molecule has 7 nitrogen and oxygen atoms in total. The first-order valence-corrected chi connectivity index (χ1v) is 7.93. The molecule has 2 rings (SSSR count). The van der Waals surface area contributed by atoms with Gasteiger partial charge in [-0.3, -0.25) is 25.2 Å². The average Bonchev–Trinajstić information content (AvgIpc) is 2.88. The third kappa shape index (κ3) is 4.98. The summed E-state index contributed by atoms with van der Waals surface area (Å²) in [6.07, 6.45) is 0. The lowest BCUT2D eigenvalue weighted by Crippen LogP contribution is -2.46. The zero-order valence-electron chi connectivity index (χ0n) is 13.4. The minimum atomic E-state index is -0.607. The van der Waals surface area contributed by atoms with Gasteiger partial charge in [0.1, 0.15) is 11.5 Å². The number of furan rings is 1. The fourth-order valence-electron chi connectivity index (χ4n) is 2.02. The van der Waals surface area contributed by atoms with Crippen molar-refractivity contribution in [3.8, 4) is 0 Å². The van der Waals surface area contributed by atoms with E-state index in [4.69, 9.17) is 27.6 Å². The monoisotopic (exact) mass is 383 g/mol. The topological polar surface area (TPSA) is 100 Å². The van der Waals surface area contributed by atoms with Crippen molar-refractivity contribution in [1.29, 1.82) is 0 Å². The molecule has 1 aromatic heterocycles. The summed E-state index contributed by atoms with van der Waals surface area (Å²) < 4.78 is 5.24. The Kier molecular flexibility index (Phi) is 6.06. The van der Waals surface area contributed by atoms with Gasteiger partial charge in [0.2, 0.25) is 0 Å². The van der Waals surface area contributed by atoms with E-state index < -0.39 is 17.7 Å². The zero-order valence-corrected chi connectivity index (χ0v) is 14.9. The molecule has 0 bridgehead atoms. The minimum absolute atomic E-state index is 0.171. The van der Waals surface area contributed by atoms with E-state index in [9.17, 15) is 14.4 Å². The molecule has 3 amide bonds. The lowest BCUT2D eigenvalue weighted by atomic mass is 10.2. The Labute approximate surface area is 153 Å². The fourth-order valence-corrected chi connectivity index (χ4v) is 2.52. The Morgan fingerprint density at radius 3 is 2.32 bits per heavy atom. The lowest BCUT2D eigenvalue weighted by Gasteiger charge is -2.09. The van der Waals surface area contributed by atoms with Gasteiger partial charge in [0.25, 0.3) is 17.7 Å². The normalized spacial score (nSPS) is 10.2. The molecule has 0 saturated heterocycles. The molecule has 0 saturated carbocycles. The molecule has 0 aliphatic carbocycles. The average molecular weight is 384 g/mol. The molecule has 0 spiro atoms. The van der Waals surface area contributed by atoms with E-state index in [-0.39, 0.29) is 17.1 Å². The molecule has 9 heteroatoms. The van der Waals surface area contributed by atoms with E-state index in [0.717, 1.165) is 0 Å². The summed E-state index contributed by atoms with van der Waals surface area (Å²) in [5.41, 5.74) is 4.94. The van der Waals surface area contributed by atoms with Crippen molar-refractivity contribution >= 4 is 40.9 Å². The van der Waals surface area contributed by atoms with Gasteiger partial charge in [-0.05, 0) is 38.1 Å². The predicted octanol–water partition coefficient (Wildman–Crippen LogP) is 2.39. The van der Waals surface area contributed by atoms with Crippen LogP contribution in [0.4, 0.5) is 0 Å². The summed E-state index contributed by atoms with van der Waals surface area (Å²) in [6.45, 7) is 3.00. The van der Waals surface area contributed by atoms with Crippen molar-refractivity contribution < 1.29 is 18.8 Å². The van der Waals surface area contributed by atoms with E-state index in [0.29, 0.717) is 22.1 Å². The number of nitrogens with one attached hydrogen (secondary N) is 3. The van der Waals surface area contributed by atoms with Gasteiger partial charge in [0, 0.05) is 5.02 Å². The molecule has 0 unspecified atom stereocenters. The quantitative estimate of drug-likeness (QED) is 0.705. The lowest BCUT2D eigenvalue weighted by molar-refractivity contribution is -0.120. The molecule has 1 aromatic carbocycles. The molecule has 0 aliphatic rings. The van der Waals surface area contributed by atoms with Crippen molar-refractivity contribution in [2.75, 3.05) is 6.54 Å². The van der Waals surface area contributed by atoms with Gasteiger partial charge in [0.15, 0.2) is 0 Å². The first kappa shape index (κ1) is 18.8. The highest BCUT2D eigenvalue weighted by molar-refractivity contribution is 6.36. The number of benzene rings is 1. The van der Waals surface area contributed by atoms with Crippen LogP contribution < -0.4 is 16.2 Å². The maximum Gasteiger partial charge on any atom is 0.273 e. The highest BCUT2D eigenvalue weighted by Gasteiger charge is 2.15. The van der Waals surface area contributed by atoms with Crippen LogP contribution in [-0.4, -0.2) is 24.3 Å². The number of carbonyl (C=O) groups is 3. The van der Waals surface area contributed by atoms with Crippen molar-refractivity contribution in [3.05, 3.63) is 57.0 Å². The van der Waals surface area contributed by atoms with Crippen LogP contribution in [0.25, 0.3) is 0 Å². The second-order valence-electron chi connectivity index (χ2n) is 5.14. The SMILES string of the molecule is Cc1cc(C(=O)NNC(=O)CNC(=O)c2ccc(Cl)cc2Cl)c(C)o1. The highest BCUT2D eigenvalue weighted by atomic mass is 35.5. The van der Waals surface area contributed by atoms with Crippen molar-refractivity contribution in [2.24, 2.45) is 0 Å². The highest BCUT2D eigenvalue weighted by Crippen LogP contribution is 2.20. The third-order valence-corrected chi connectivity index (χ3v) is 3.73. The molecule has 25 heavy (non-hydrogen) atoms. The van der Waals surface area contributed by atoms with Crippen LogP contribution in [0.2, 0.25) is 10.0 Å². The van der Waals surface area contributed by atoms with Crippen LogP contribution in [0.5, 0.6) is 0 Å². The zero-order chi connectivity index (χ0) is 18.6. The molecule has 2 aromatic rings. The summed E-state index contributed by atoms with van der Waals surface area (Å²) in [7, 11) is 0. The molecular formula is C16H15Cl2N3O4. The van der Waals surface area contributed by atoms with Crippen LogP contribution in [0.1, 0.15) is 32.2 Å². The van der Waals surface area contributed by atoms with Gasteiger partial charge in [0.05, 0.1) is 22.7 Å².